The number of nitrogens with one attached hydrogen (secondary N) is 1. The molecule has 2 aromatic carbocycles. The van der Waals surface area contributed by atoms with Gasteiger partial charge in [-0.2, -0.15) is 13.2 Å². The number of carbonyl (C=O) groups excluding carboxylic acids is 1. The number of aromatic nitrogens is 1. The Kier molecular flexibility index (Phi) is 8.48. The Morgan fingerprint density at radius 1 is 1.08 bits per heavy atom. The van der Waals surface area contributed by atoms with Crippen LogP contribution < -0.4 is 10.1 Å². The summed E-state index contributed by atoms with van der Waals surface area (Å²) in [5, 5.41) is 3.85. The molecule has 1 amide bonds. The van der Waals surface area contributed by atoms with E-state index in [0.717, 1.165) is 30.8 Å². The van der Waals surface area contributed by atoms with E-state index >= 15 is 0 Å². The van der Waals surface area contributed by atoms with E-state index in [1.165, 1.54) is 12.1 Å². The third-order valence-electron chi connectivity index (χ3n) is 6.20. The molecule has 190 valence electrons. The molecular weight excluding hydrogens is 491 g/mol. The molecule has 0 saturated carbocycles. The second-order valence-electron chi connectivity index (χ2n) is 8.64. The number of rotatable bonds is 8. The van der Waals surface area contributed by atoms with Crippen LogP contribution in [0.1, 0.15) is 35.7 Å². The lowest BCUT2D eigenvalue weighted by molar-refractivity contribution is -0.138. The lowest BCUT2D eigenvalue weighted by Gasteiger charge is -2.35. The second kappa shape index (κ2) is 11.8. The van der Waals surface area contributed by atoms with E-state index in [4.69, 9.17) is 16.3 Å². The van der Waals surface area contributed by atoms with Gasteiger partial charge in [-0.05, 0) is 74.0 Å². The second-order valence-corrected chi connectivity index (χ2v) is 9.08. The molecule has 1 atom stereocenters. The van der Waals surface area contributed by atoms with E-state index in [2.05, 4.69) is 10.3 Å². The fraction of sp³-hybridized carbons (Fsp3) is 0.333. The average molecular weight is 518 g/mol. The van der Waals surface area contributed by atoms with Crippen LogP contribution in [-0.2, 0) is 11.0 Å². The molecule has 0 aliphatic carbocycles. The van der Waals surface area contributed by atoms with Gasteiger partial charge in [0.15, 0.2) is 0 Å². The highest BCUT2D eigenvalue weighted by molar-refractivity contribution is 6.30. The maximum Gasteiger partial charge on any atom is 0.416 e. The van der Waals surface area contributed by atoms with E-state index in [1.807, 2.05) is 24.3 Å². The zero-order chi connectivity index (χ0) is 25.5. The lowest BCUT2D eigenvalue weighted by Crippen LogP contribution is -2.45. The van der Waals surface area contributed by atoms with Crippen molar-refractivity contribution in [1.82, 2.24) is 15.2 Å². The van der Waals surface area contributed by atoms with Crippen LogP contribution in [0.2, 0.25) is 5.02 Å². The van der Waals surface area contributed by atoms with Crippen LogP contribution in [-0.4, -0.2) is 42.0 Å². The maximum atomic E-state index is 13.8. The van der Waals surface area contributed by atoms with Crippen LogP contribution >= 0.6 is 11.6 Å². The van der Waals surface area contributed by atoms with E-state index in [-0.39, 0.29) is 30.7 Å². The number of amides is 1. The Morgan fingerprint density at radius 3 is 2.50 bits per heavy atom. The van der Waals surface area contributed by atoms with Gasteiger partial charge >= 0.3 is 6.18 Å². The fourth-order valence-electron chi connectivity index (χ4n) is 4.39. The number of piperidine rings is 1. The van der Waals surface area contributed by atoms with Gasteiger partial charge in [-0.25, -0.2) is 0 Å². The number of hydrogen-bond acceptors (Lipinski definition) is 4. The van der Waals surface area contributed by atoms with Crippen LogP contribution in [0, 0.1) is 5.92 Å². The predicted octanol–water partition coefficient (Wildman–Crippen LogP) is 5.75. The minimum atomic E-state index is -4.46. The standard InChI is InChI=1S/C27H27ClF3N3O2/c28-22-9-7-19(8-10-22)25(24-6-1-2-13-33-24)34(26(35)20-11-14-32-15-12-20)16-17-36-23-5-3-4-21(18-23)27(29,30)31/h1-10,13,18,20,25,32H,11-12,14-17H2/t25-/m1/s1. The van der Waals surface area contributed by atoms with Gasteiger partial charge in [-0.15, -0.1) is 0 Å². The first-order valence-electron chi connectivity index (χ1n) is 11.8. The van der Waals surface area contributed by atoms with Gasteiger partial charge in [0.05, 0.1) is 23.8 Å². The molecule has 0 unspecified atom stereocenters. The number of hydrogen-bond donors (Lipinski definition) is 1. The van der Waals surface area contributed by atoms with Crippen molar-refractivity contribution in [2.24, 2.45) is 5.92 Å². The first-order valence-corrected chi connectivity index (χ1v) is 12.2. The first-order chi connectivity index (χ1) is 17.3. The number of pyridine rings is 1. The summed E-state index contributed by atoms with van der Waals surface area (Å²) in [5.74, 6) is -0.104. The minimum absolute atomic E-state index is 0.0228. The molecule has 3 aromatic rings. The Balaban J connectivity index is 1.62. The number of carbonyl (C=O) groups is 1. The monoisotopic (exact) mass is 517 g/mol. The van der Waals surface area contributed by atoms with E-state index < -0.39 is 17.8 Å². The summed E-state index contributed by atoms with van der Waals surface area (Å²) in [6.07, 6.45) is -1.38. The summed E-state index contributed by atoms with van der Waals surface area (Å²) >= 11 is 6.12. The lowest BCUT2D eigenvalue weighted by atomic mass is 9.93. The minimum Gasteiger partial charge on any atom is -0.492 e. The molecule has 1 saturated heterocycles. The summed E-state index contributed by atoms with van der Waals surface area (Å²) in [6.45, 7) is 1.69. The third kappa shape index (κ3) is 6.56. The van der Waals surface area contributed by atoms with Crippen molar-refractivity contribution in [1.29, 1.82) is 0 Å². The van der Waals surface area contributed by atoms with Gasteiger partial charge in [-0.3, -0.25) is 9.78 Å². The topological polar surface area (TPSA) is 54.5 Å². The molecule has 0 bridgehead atoms. The molecule has 0 spiro atoms. The van der Waals surface area contributed by atoms with Crippen molar-refractivity contribution in [2.75, 3.05) is 26.2 Å². The van der Waals surface area contributed by atoms with Crippen LogP contribution in [0.4, 0.5) is 13.2 Å². The number of ether oxygens (including phenoxy) is 1. The van der Waals surface area contributed by atoms with Crippen molar-refractivity contribution in [3.05, 3.63) is 94.8 Å². The van der Waals surface area contributed by atoms with Crippen molar-refractivity contribution >= 4 is 17.5 Å². The summed E-state index contributed by atoms with van der Waals surface area (Å²) in [4.78, 5) is 20.1. The average Bonchev–Trinajstić information content (AvgIpc) is 2.89. The molecule has 5 nitrogen and oxygen atoms in total. The normalized spacial score (nSPS) is 15.3. The zero-order valence-corrected chi connectivity index (χ0v) is 20.3. The van der Waals surface area contributed by atoms with Gasteiger partial charge in [0.25, 0.3) is 0 Å². The Hall–Kier alpha value is -3.10. The zero-order valence-electron chi connectivity index (χ0n) is 19.5. The summed E-state index contributed by atoms with van der Waals surface area (Å²) in [7, 11) is 0. The Bertz CT molecular complexity index is 1140. The molecule has 1 aliphatic heterocycles. The van der Waals surface area contributed by atoms with Gasteiger partial charge < -0.3 is 15.0 Å². The summed E-state index contributed by atoms with van der Waals surface area (Å²) < 4.78 is 45.0. The summed E-state index contributed by atoms with van der Waals surface area (Å²) in [5.41, 5.74) is 0.732. The molecule has 9 heteroatoms. The molecule has 0 radical (unpaired) electrons. The van der Waals surface area contributed by atoms with Crippen LogP contribution in [0.25, 0.3) is 0 Å². The van der Waals surface area contributed by atoms with Crippen molar-refractivity contribution in [2.45, 2.75) is 25.1 Å². The van der Waals surface area contributed by atoms with Gasteiger partial charge in [0.1, 0.15) is 12.4 Å². The van der Waals surface area contributed by atoms with Gasteiger partial charge in [0.2, 0.25) is 5.91 Å². The molecule has 36 heavy (non-hydrogen) atoms. The highest BCUT2D eigenvalue weighted by atomic mass is 35.5. The van der Waals surface area contributed by atoms with E-state index in [0.29, 0.717) is 23.6 Å². The van der Waals surface area contributed by atoms with E-state index in [9.17, 15) is 18.0 Å². The van der Waals surface area contributed by atoms with E-state index in [1.54, 1.807) is 29.3 Å². The fourth-order valence-corrected chi connectivity index (χ4v) is 4.51. The molecular formula is C27H27ClF3N3O2. The van der Waals surface area contributed by atoms with Crippen molar-refractivity contribution < 1.29 is 22.7 Å². The predicted molar refractivity (Wildman–Crippen MR) is 132 cm³/mol. The van der Waals surface area contributed by atoms with Gasteiger partial charge in [0, 0.05) is 17.1 Å². The Morgan fingerprint density at radius 2 is 1.83 bits per heavy atom. The third-order valence-corrected chi connectivity index (χ3v) is 6.45. The quantitative estimate of drug-likeness (QED) is 0.413. The smallest absolute Gasteiger partial charge is 0.416 e. The molecule has 1 N–H and O–H groups in total. The molecule has 1 fully saturated rings. The number of benzene rings is 2. The highest BCUT2D eigenvalue weighted by Crippen LogP contribution is 2.33. The number of alkyl halides is 3. The first kappa shape index (κ1) is 26.0. The maximum absolute atomic E-state index is 13.8. The molecule has 2 heterocycles. The molecule has 1 aliphatic rings. The molecule has 4 rings (SSSR count). The van der Waals surface area contributed by atoms with Crippen LogP contribution in [0.15, 0.2) is 72.9 Å². The van der Waals surface area contributed by atoms with Crippen molar-refractivity contribution in [3.63, 3.8) is 0 Å². The van der Waals surface area contributed by atoms with Gasteiger partial charge in [-0.1, -0.05) is 35.9 Å². The largest absolute Gasteiger partial charge is 0.492 e. The van der Waals surface area contributed by atoms with Crippen LogP contribution in [0.5, 0.6) is 5.75 Å². The summed E-state index contributed by atoms with van der Waals surface area (Å²) in [6, 6.07) is 17.0. The Labute approximate surface area is 213 Å². The SMILES string of the molecule is O=C(C1CCNCC1)N(CCOc1cccc(C(F)(F)F)c1)[C@H](c1ccc(Cl)cc1)c1ccccn1. The highest BCUT2D eigenvalue weighted by Gasteiger charge is 2.33. The van der Waals surface area contributed by atoms with Crippen molar-refractivity contribution in [3.8, 4) is 5.75 Å². The molecule has 1 aromatic heterocycles. The van der Waals surface area contributed by atoms with Crippen LogP contribution in [0.3, 0.4) is 0 Å². The number of halogens is 4. The number of nitrogens with zero attached hydrogens (tertiary/aromatic N) is 2.